The van der Waals surface area contributed by atoms with Gasteiger partial charge < -0.3 is 10.8 Å². The van der Waals surface area contributed by atoms with E-state index in [-0.39, 0.29) is 17.3 Å². The van der Waals surface area contributed by atoms with Crippen LogP contribution in [0.4, 0.5) is 4.39 Å². The Hall–Kier alpha value is -0.930. The lowest BCUT2D eigenvalue weighted by Crippen LogP contribution is -2.50. The molecule has 0 heterocycles. The van der Waals surface area contributed by atoms with Crippen molar-refractivity contribution in [2.24, 2.45) is 5.73 Å². The first-order chi connectivity index (χ1) is 7.07. The fourth-order valence-corrected chi connectivity index (χ4v) is 2.50. The van der Waals surface area contributed by atoms with Crippen molar-refractivity contribution in [3.8, 4) is 0 Å². The molecule has 0 bridgehead atoms. The average molecular weight is 209 g/mol. The van der Waals surface area contributed by atoms with Crippen molar-refractivity contribution in [3.63, 3.8) is 0 Å². The van der Waals surface area contributed by atoms with Gasteiger partial charge in [0.2, 0.25) is 0 Å². The van der Waals surface area contributed by atoms with Gasteiger partial charge in [-0.05, 0) is 43.0 Å². The SMILES string of the molecule is Cc1ccc(F)cc1C1(CN)CC(O)C1. The number of aliphatic hydroxyl groups excluding tert-OH is 1. The summed E-state index contributed by atoms with van der Waals surface area (Å²) in [7, 11) is 0. The summed E-state index contributed by atoms with van der Waals surface area (Å²) < 4.78 is 13.2. The zero-order valence-electron chi connectivity index (χ0n) is 8.83. The largest absolute Gasteiger partial charge is 0.393 e. The van der Waals surface area contributed by atoms with E-state index in [0.29, 0.717) is 19.4 Å². The van der Waals surface area contributed by atoms with Crippen LogP contribution in [-0.4, -0.2) is 17.8 Å². The Morgan fingerprint density at radius 1 is 1.53 bits per heavy atom. The summed E-state index contributed by atoms with van der Waals surface area (Å²) in [4.78, 5) is 0. The molecule has 1 fully saturated rings. The van der Waals surface area contributed by atoms with Crippen LogP contribution in [-0.2, 0) is 5.41 Å². The Kier molecular flexibility index (Phi) is 2.52. The summed E-state index contributed by atoms with van der Waals surface area (Å²) >= 11 is 0. The molecule has 0 atom stereocenters. The van der Waals surface area contributed by atoms with Gasteiger partial charge in [-0.25, -0.2) is 4.39 Å². The lowest BCUT2D eigenvalue weighted by atomic mass is 9.62. The third-order valence-electron chi connectivity index (χ3n) is 3.41. The second kappa shape index (κ2) is 3.58. The maximum atomic E-state index is 13.2. The molecule has 0 amide bonds. The first-order valence-electron chi connectivity index (χ1n) is 5.22. The second-order valence-corrected chi connectivity index (χ2v) is 4.51. The van der Waals surface area contributed by atoms with Crippen molar-refractivity contribution in [2.45, 2.75) is 31.3 Å². The standard InChI is InChI=1S/C12H16FNO/c1-8-2-3-9(13)4-11(8)12(7-14)5-10(15)6-12/h2-4,10,15H,5-7,14H2,1H3. The summed E-state index contributed by atoms with van der Waals surface area (Å²) in [6, 6.07) is 4.78. The zero-order chi connectivity index (χ0) is 11.1. The number of rotatable bonds is 2. The van der Waals surface area contributed by atoms with Crippen LogP contribution in [0.1, 0.15) is 24.0 Å². The van der Waals surface area contributed by atoms with E-state index in [1.807, 2.05) is 6.92 Å². The van der Waals surface area contributed by atoms with Crippen molar-refractivity contribution >= 4 is 0 Å². The number of hydrogen-bond acceptors (Lipinski definition) is 2. The first-order valence-corrected chi connectivity index (χ1v) is 5.22. The minimum atomic E-state index is -0.281. The van der Waals surface area contributed by atoms with Crippen molar-refractivity contribution in [1.29, 1.82) is 0 Å². The number of nitrogens with two attached hydrogens (primary N) is 1. The number of halogens is 1. The highest BCUT2D eigenvalue weighted by atomic mass is 19.1. The summed E-state index contributed by atoms with van der Waals surface area (Å²) in [6.45, 7) is 2.42. The summed E-state index contributed by atoms with van der Waals surface area (Å²) in [5.41, 5.74) is 7.55. The van der Waals surface area contributed by atoms with Crippen LogP contribution < -0.4 is 5.73 Å². The predicted octanol–water partition coefficient (Wildman–Crippen LogP) is 1.49. The van der Waals surface area contributed by atoms with E-state index in [0.717, 1.165) is 11.1 Å². The van der Waals surface area contributed by atoms with E-state index < -0.39 is 0 Å². The fourth-order valence-electron chi connectivity index (χ4n) is 2.50. The Morgan fingerprint density at radius 2 is 2.20 bits per heavy atom. The van der Waals surface area contributed by atoms with E-state index in [1.165, 1.54) is 6.07 Å². The summed E-state index contributed by atoms with van der Waals surface area (Å²) in [6.07, 6.45) is 1.01. The molecular formula is C12H16FNO. The topological polar surface area (TPSA) is 46.2 Å². The fraction of sp³-hybridized carbons (Fsp3) is 0.500. The number of hydrogen-bond donors (Lipinski definition) is 2. The monoisotopic (exact) mass is 209 g/mol. The number of benzene rings is 1. The maximum Gasteiger partial charge on any atom is 0.123 e. The van der Waals surface area contributed by atoms with Crippen LogP contribution in [0, 0.1) is 12.7 Å². The van der Waals surface area contributed by atoms with Gasteiger partial charge in [-0.2, -0.15) is 0 Å². The average Bonchev–Trinajstić information content (AvgIpc) is 2.17. The van der Waals surface area contributed by atoms with Crippen molar-refractivity contribution in [3.05, 3.63) is 35.1 Å². The van der Waals surface area contributed by atoms with Gasteiger partial charge >= 0.3 is 0 Å². The molecule has 2 nitrogen and oxygen atoms in total. The van der Waals surface area contributed by atoms with Crippen LogP contribution in [0.3, 0.4) is 0 Å². The molecule has 1 aromatic carbocycles. The number of aryl methyl sites for hydroxylation is 1. The van der Waals surface area contributed by atoms with Gasteiger partial charge in [0.25, 0.3) is 0 Å². The van der Waals surface area contributed by atoms with Gasteiger partial charge in [0.1, 0.15) is 5.82 Å². The van der Waals surface area contributed by atoms with Crippen molar-refractivity contribution in [1.82, 2.24) is 0 Å². The molecule has 0 spiro atoms. The Bertz CT molecular complexity index is 372. The molecule has 3 heteroatoms. The molecule has 1 aliphatic rings. The predicted molar refractivity (Wildman–Crippen MR) is 57.1 cm³/mol. The van der Waals surface area contributed by atoms with Crippen LogP contribution in [0.25, 0.3) is 0 Å². The molecule has 0 aromatic heterocycles. The quantitative estimate of drug-likeness (QED) is 0.775. The lowest BCUT2D eigenvalue weighted by molar-refractivity contribution is 0.0217. The van der Waals surface area contributed by atoms with Gasteiger partial charge in [0, 0.05) is 12.0 Å². The van der Waals surface area contributed by atoms with Gasteiger partial charge in [0.05, 0.1) is 6.10 Å². The molecule has 1 aromatic rings. The van der Waals surface area contributed by atoms with E-state index in [2.05, 4.69) is 0 Å². The molecule has 1 saturated carbocycles. The summed E-state index contributed by atoms with van der Waals surface area (Å²) in [5.74, 6) is -0.232. The third-order valence-corrected chi connectivity index (χ3v) is 3.41. The maximum absolute atomic E-state index is 13.2. The smallest absolute Gasteiger partial charge is 0.123 e. The van der Waals surface area contributed by atoms with Crippen LogP contribution in [0.2, 0.25) is 0 Å². The molecule has 0 unspecified atom stereocenters. The minimum absolute atomic E-state index is 0.203. The zero-order valence-corrected chi connectivity index (χ0v) is 8.83. The van der Waals surface area contributed by atoms with E-state index in [1.54, 1.807) is 12.1 Å². The highest BCUT2D eigenvalue weighted by molar-refractivity contribution is 5.37. The normalized spacial score (nSPS) is 30.0. The minimum Gasteiger partial charge on any atom is -0.393 e. The summed E-state index contributed by atoms with van der Waals surface area (Å²) in [5, 5.41) is 9.39. The highest BCUT2D eigenvalue weighted by Crippen LogP contribution is 2.44. The Morgan fingerprint density at radius 3 is 2.73 bits per heavy atom. The van der Waals surface area contributed by atoms with Gasteiger partial charge in [-0.3, -0.25) is 0 Å². The van der Waals surface area contributed by atoms with E-state index in [9.17, 15) is 9.50 Å². The molecule has 0 saturated heterocycles. The van der Waals surface area contributed by atoms with Gasteiger partial charge in [0.15, 0.2) is 0 Å². The Labute approximate surface area is 88.9 Å². The van der Waals surface area contributed by atoms with Gasteiger partial charge in [-0.15, -0.1) is 0 Å². The molecule has 1 aliphatic carbocycles. The molecule has 0 aliphatic heterocycles. The molecule has 0 radical (unpaired) electrons. The molecule has 15 heavy (non-hydrogen) atoms. The lowest BCUT2D eigenvalue weighted by Gasteiger charge is -2.46. The third kappa shape index (κ3) is 1.66. The van der Waals surface area contributed by atoms with Crippen molar-refractivity contribution in [2.75, 3.05) is 6.54 Å². The van der Waals surface area contributed by atoms with Gasteiger partial charge in [-0.1, -0.05) is 6.07 Å². The molecule has 82 valence electrons. The van der Waals surface area contributed by atoms with Crippen LogP contribution >= 0.6 is 0 Å². The molecule has 3 N–H and O–H groups in total. The highest BCUT2D eigenvalue weighted by Gasteiger charge is 2.44. The first kappa shape index (κ1) is 10.6. The van der Waals surface area contributed by atoms with Crippen LogP contribution in [0.5, 0.6) is 0 Å². The van der Waals surface area contributed by atoms with E-state index in [4.69, 9.17) is 5.73 Å². The second-order valence-electron chi connectivity index (χ2n) is 4.51. The Balaban J connectivity index is 2.39. The van der Waals surface area contributed by atoms with E-state index >= 15 is 0 Å². The molecular weight excluding hydrogens is 193 g/mol. The van der Waals surface area contributed by atoms with Crippen molar-refractivity contribution < 1.29 is 9.50 Å². The van der Waals surface area contributed by atoms with Crippen LogP contribution in [0.15, 0.2) is 18.2 Å². The number of aliphatic hydroxyl groups is 1. The molecule has 2 rings (SSSR count).